The first kappa shape index (κ1) is 21.5. The molecule has 1 atom stereocenters. The Balaban J connectivity index is 0.00000338. The molecule has 0 bridgehead atoms. The Morgan fingerprint density at radius 2 is 1.85 bits per heavy atom. The molecule has 6 heteroatoms. The highest BCUT2D eigenvalue weighted by molar-refractivity contribution is 5.96. The number of aryl methyl sites for hydroxylation is 1. The molecule has 0 heterocycles. The number of carbonyl (C=O) groups excluding carboxylic acids is 2. The van der Waals surface area contributed by atoms with E-state index < -0.39 is 5.92 Å². The lowest BCUT2D eigenvalue weighted by Gasteiger charge is -2.17. The molecule has 0 spiro atoms. The van der Waals surface area contributed by atoms with Crippen LogP contribution in [-0.2, 0) is 16.0 Å². The van der Waals surface area contributed by atoms with Gasteiger partial charge in [0.15, 0.2) is 0 Å². The van der Waals surface area contributed by atoms with Gasteiger partial charge in [-0.05, 0) is 43.5 Å². The molecular weight excluding hydrogens is 352 g/mol. The first-order chi connectivity index (χ1) is 12.0. The van der Waals surface area contributed by atoms with Crippen molar-refractivity contribution in [2.45, 2.75) is 20.3 Å². The Morgan fingerprint density at radius 3 is 2.50 bits per heavy atom. The van der Waals surface area contributed by atoms with Gasteiger partial charge in [-0.2, -0.15) is 0 Å². The molecule has 0 aliphatic rings. The van der Waals surface area contributed by atoms with Gasteiger partial charge in [0.2, 0.25) is 0 Å². The maximum atomic E-state index is 12.4. The molecule has 0 aromatic heterocycles. The minimum absolute atomic E-state index is 0. The van der Waals surface area contributed by atoms with Crippen molar-refractivity contribution in [1.29, 1.82) is 0 Å². The zero-order valence-corrected chi connectivity index (χ0v) is 15.8. The quantitative estimate of drug-likeness (QED) is 0.574. The number of nitrogens with one attached hydrogen (secondary N) is 1. The number of nitrogens with two attached hydrogens (primary N) is 1. The summed E-state index contributed by atoms with van der Waals surface area (Å²) in [4.78, 5) is 24.7. The number of hydrogen-bond donors (Lipinski definition) is 2. The van der Waals surface area contributed by atoms with Crippen LogP contribution in [0.2, 0.25) is 0 Å². The Morgan fingerprint density at radius 1 is 1.15 bits per heavy atom. The molecule has 26 heavy (non-hydrogen) atoms. The van der Waals surface area contributed by atoms with Crippen LogP contribution < -0.4 is 11.1 Å². The second-order valence-electron chi connectivity index (χ2n) is 5.92. The summed E-state index contributed by atoms with van der Waals surface area (Å²) in [6, 6.07) is 14.9. The van der Waals surface area contributed by atoms with Gasteiger partial charge in [-0.15, -0.1) is 12.4 Å². The van der Waals surface area contributed by atoms with Crippen molar-refractivity contribution in [3.8, 4) is 0 Å². The van der Waals surface area contributed by atoms with Crippen LogP contribution in [-0.4, -0.2) is 25.0 Å². The molecule has 0 radical (unpaired) electrons. The van der Waals surface area contributed by atoms with E-state index in [1.165, 1.54) is 0 Å². The molecule has 5 nitrogen and oxygen atoms in total. The van der Waals surface area contributed by atoms with Gasteiger partial charge in [0, 0.05) is 17.8 Å². The first-order valence-electron chi connectivity index (χ1n) is 8.36. The monoisotopic (exact) mass is 376 g/mol. The van der Waals surface area contributed by atoms with Crippen LogP contribution in [0.4, 0.5) is 5.69 Å². The van der Waals surface area contributed by atoms with Crippen molar-refractivity contribution >= 4 is 30.0 Å². The number of benzene rings is 2. The summed E-state index contributed by atoms with van der Waals surface area (Å²) < 4.78 is 5.15. The van der Waals surface area contributed by atoms with Gasteiger partial charge in [0.1, 0.15) is 0 Å². The predicted molar refractivity (Wildman–Crippen MR) is 105 cm³/mol. The molecule has 0 aliphatic heterocycles. The number of ether oxygens (including phenoxy) is 1. The van der Waals surface area contributed by atoms with E-state index in [2.05, 4.69) is 5.32 Å². The van der Waals surface area contributed by atoms with Crippen LogP contribution in [0.15, 0.2) is 48.5 Å². The van der Waals surface area contributed by atoms with Gasteiger partial charge in [-0.25, -0.2) is 0 Å². The fourth-order valence-corrected chi connectivity index (χ4v) is 2.59. The van der Waals surface area contributed by atoms with Crippen LogP contribution in [0.25, 0.3) is 0 Å². The van der Waals surface area contributed by atoms with Gasteiger partial charge in [0.05, 0.1) is 12.5 Å². The van der Waals surface area contributed by atoms with Crippen LogP contribution in [0.3, 0.4) is 0 Å². The minimum Gasteiger partial charge on any atom is -0.466 e. The highest BCUT2D eigenvalue weighted by Gasteiger charge is 2.22. The van der Waals surface area contributed by atoms with Crippen molar-refractivity contribution in [1.82, 2.24) is 5.32 Å². The zero-order valence-electron chi connectivity index (χ0n) is 15.0. The van der Waals surface area contributed by atoms with Gasteiger partial charge < -0.3 is 15.8 Å². The minimum atomic E-state index is -0.437. The molecule has 0 saturated heterocycles. The average molecular weight is 377 g/mol. The summed E-state index contributed by atoms with van der Waals surface area (Å²) in [5, 5.41) is 2.83. The number of nitrogen functional groups attached to an aromatic ring is 1. The second kappa shape index (κ2) is 10.5. The van der Waals surface area contributed by atoms with E-state index in [1.54, 1.807) is 25.1 Å². The Labute approximate surface area is 160 Å². The molecule has 3 N–H and O–H groups in total. The second-order valence-corrected chi connectivity index (χ2v) is 5.92. The molecule has 2 aromatic rings. The van der Waals surface area contributed by atoms with Crippen molar-refractivity contribution < 1.29 is 14.3 Å². The number of esters is 1. The number of amides is 1. The van der Waals surface area contributed by atoms with Gasteiger partial charge in [-0.3, -0.25) is 9.59 Å². The van der Waals surface area contributed by atoms with Gasteiger partial charge >= 0.3 is 5.97 Å². The van der Waals surface area contributed by atoms with E-state index in [9.17, 15) is 9.59 Å². The number of rotatable bonds is 7. The van der Waals surface area contributed by atoms with Crippen LogP contribution in [0, 0.1) is 12.8 Å². The molecule has 1 unspecified atom stereocenters. The summed E-state index contributed by atoms with van der Waals surface area (Å²) >= 11 is 0. The first-order valence-corrected chi connectivity index (χ1v) is 8.36. The summed E-state index contributed by atoms with van der Waals surface area (Å²) in [6.45, 7) is 4.14. The highest BCUT2D eigenvalue weighted by atomic mass is 35.5. The lowest BCUT2D eigenvalue weighted by Crippen LogP contribution is -2.35. The molecule has 2 rings (SSSR count). The molecule has 2 aromatic carbocycles. The number of carbonyl (C=O) groups is 2. The Kier molecular flexibility index (Phi) is 8.65. The smallest absolute Gasteiger partial charge is 0.311 e. The number of hydrogen-bond acceptors (Lipinski definition) is 4. The molecule has 0 aliphatic carbocycles. The third kappa shape index (κ3) is 6.08. The van der Waals surface area contributed by atoms with Crippen LogP contribution in [0.1, 0.15) is 28.4 Å². The number of anilines is 1. The van der Waals surface area contributed by atoms with E-state index in [-0.39, 0.29) is 30.8 Å². The van der Waals surface area contributed by atoms with Crippen molar-refractivity contribution in [3.05, 3.63) is 65.2 Å². The maximum absolute atomic E-state index is 12.4. The molecule has 140 valence electrons. The Bertz CT molecular complexity index is 735. The highest BCUT2D eigenvalue weighted by Crippen LogP contribution is 2.14. The summed E-state index contributed by atoms with van der Waals surface area (Å²) in [6.07, 6.45) is 0.510. The standard InChI is InChI=1S/C20H24N2O3.ClH/c1-3-25-20(24)16(11-15-7-5-4-6-8-15)13-22-19(23)18-12-17(21)10-9-14(18)2;/h4-10,12,16H,3,11,13,21H2,1-2H3,(H,22,23);1H. The number of halogens is 1. The largest absolute Gasteiger partial charge is 0.466 e. The SMILES string of the molecule is CCOC(=O)C(CNC(=O)c1cc(N)ccc1C)Cc1ccccc1.Cl. The topological polar surface area (TPSA) is 81.4 Å². The zero-order chi connectivity index (χ0) is 18.2. The molecule has 0 fully saturated rings. The molecule has 0 saturated carbocycles. The third-order valence-corrected chi connectivity index (χ3v) is 3.96. The van der Waals surface area contributed by atoms with Crippen molar-refractivity contribution in [2.24, 2.45) is 5.92 Å². The summed E-state index contributed by atoms with van der Waals surface area (Å²) in [7, 11) is 0. The van der Waals surface area contributed by atoms with Crippen LogP contribution >= 0.6 is 12.4 Å². The third-order valence-electron chi connectivity index (χ3n) is 3.96. The Hall–Kier alpha value is -2.53. The average Bonchev–Trinajstić information content (AvgIpc) is 2.61. The predicted octanol–water partition coefficient (Wildman–Crippen LogP) is 3.15. The normalized spacial score (nSPS) is 11.2. The lowest BCUT2D eigenvalue weighted by atomic mass is 9.99. The maximum Gasteiger partial charge on any atom is 0.311 e. The van der Waals surface area contributed by atoms with Crippen molar-refractivity contribution in [3.63, 3.8) is 0 Å². The van der Waals surface area contributed by atoms with E-state index in [0.29, 0.717) is 24.3 Å². The van der Waals surface area contributed by atoms with E-state index in [0.717, 1.165) is 11.1 Å². The van der Waals surface area contributed by atoms with E-state index in [4.69, 9.17) is 10.5 Å². The van der Waals surface area contributed by atoms with Crippen LogP contribution in [0.5, 0.6) is 0 Å². The van der Waals surface area contributed by atoms with E-state index >= 15 is 0 Å². The summed E-state index contributed by atoms with van der Waals surface area (Å²) in [5.74, 6) is -0.990. The summed E-state index contributed by atoms with van der Waals surface area (Å²) in [5.41, 5.74) is 8.66. The van der Waals surface area contributed by atoms with Gasteiger partial charge in [-0.1, -0.05) is 36.4 Å². The molecule has 1 amide bonds. The fourth-order valence-electron chi connectivity index (χ4n) is 2.59. The van der Waals surface area contributed by atoms with Crippen molar-refractivity contribution in [2.75, 3.05) is 18.9 Å². The lowest BCUT2D eigenvalue weighted by molar-refractivity contribution is -0.147. The molecular formula is C20H25ClN2O3. The van der Waals surface area contributed by atoms with Gasteiger partial charge in [0.25, 0.3) is 5.91 Å². The fraction of sp³-hybridized carbons (Fsp3) is 0.300. The van der Waals surface area contributed by atoms with E-state index in [1.807, 2.05) is 37.3 Å².